The van der Waals surface area contributed by atoms with Crippen LogP contribution in [0, 0.1) is 13.8 Å². The molecule has 0 unspecified atom stereocenters. The fourth-order valence-corrected chi connectivity index (χ4v) is 3.19. The highest BCUT2D eigenvalue weighted by atomic mass is 35.5. The zero-order valence-electron chi connectivity index (χ0n) is 13.0. The van der Waals surface area contributed by atoms with Gasteiger partial charge in [-0.3, -0.25) is 20.3 Å². The molecule has 0 radical (unpaired) electrons. The van der Waals surface area contributed by atoms with Crippen LogP contribution in [-0.4, -0.2) is 15.7 Å². The Bertz CT molecular complexity index is 720. The summed E-state index contributed by atoms with van der Waals surface area (Å²) in [5.41, 5.74) is 8.83. The second kappa shape index (κ2) is 7.43. The Morgan fingerprint density at radius 1 is 1.22 bits per heavy atom. The molecule has 0 bridgehead atoms. The first-order valence-corrected chi connectivity index (χ1v) is 8.11. The Hall–Kier alpha value is -1.43. The molecule has 0 saturated carbocycles. The van der Waals surface area contributed by atoms with Gasteiger partial charge in [0.1, 0.15) is 0 Å². The van der Waals surface area contributed by atoms with Gasteiger partial charge in [-0.25, -0.2) is 0 Å². The molecule has 0 atom stereocenters. The number of nitrogens with zero attached hydrogens (tertiary/aromatic N) is 2. The number of carbonyl (C=O) groups is 1. The van der Waals surface area contributed by atoms with Crippen molar-refractivity contribution in [3.8, 4) is 0 Å². The van der Waals surface area contributed by atoms with Crippen molar-refractivity contribution in [2.75, 3.05) is 5.43 Å². The maximum Gasteiger partial charge on any atom is 0.238 e. The van der Waals surface area contributed by atoms with Crippen LogP contribution < -0.4 is 10.9 Å². The molecule has 0 saturated heterocycles. The Labute approximate surface area is 149 Å². The normalized spacial score (nSPS) is 10.7. The third kappa shape index (κ3) is 4.31. The third-order valence-corrected chi connectivity index (χ3v) is 4.41. The van der Waals surface area contributed by atoms with Crippen molar-refractivity contribution in [2.45, 2.75) is 26.7 Å². The number of hydrogen-bond acceptors (Lipinski definition) is 3. The molecule has 2 aromatic rings. The number of nitrogens with one attached hydrogen (secondary N) is 2. The number of aromatic nitrogens is 2. The van der Waals surface area contributed by atoms with E-state index in [1.807, 2.05) is 25.6 Å². The fraction of sp³-hybridized carbons (Fsp3) is 0.333. The molecule has 1 amide bonds. The molecule has 2 N–H and O–H groups in total. The highest BCUT2D eigenvalue weighted by Gasteiger charge is 2.12. The van der Waals surface area contributed by atoms with Gasteiger partial charge in [0.05, 0.1) is 21.4 Å². The van der Waals surface area contributed by atoms with E-state index >= 15 is 0 Å². The van der Waals surface area contributed by atoms with Crippen LogP contribution in [0.3, 0.4) is 0 Å². The number of aryl methyl sites for hydroxylation is 2. The molecule has 0 aliphatic rings. The molecule has 23 heavy (non-hydrogen) atoms. The lowest BCUT2D eigenvalue weighted by molar-refractivity contribution is -0.120. The van der Waals surface area contributed by atoms with E-state index in [1.54, 1.807) is 12.1 Å². The van der Waals surface area contributed by atoms with Gasteiger partial charge in [-0.1, -0.05) is 34.8 Å². The molecule has 0 aliphatic carbocycles. The van der Waals surface area contributed by atoms with Crippen molar-refractivity contribution in [2.24, 2.45) is 7.05 Å². The number of halogens is 3. The molecule has 124 valence electrons. The number of carbonyl (C=O) groups excluding carboxylic acids is 1. The Balaban J connectivity index is 1.93. The summed E-state index contributed by atoms with van der Waals surface area (Å²) in [4.78, 5) is 12.0. The van der Waals surface area contributed by atoms with Crippen LogP contribution in [0.25, 0.3) is 0 Å². The van der Waals surface area contributed by atoms with Crippen LogP contribution in [0.4, 0.5) is 5.69 Å². The van der Waals surface area contributed by atoms with Crippen molar-refractivity contribution in [1.82, 2.24) is 15.2 Å². The molecule has 1 aromatic heterocycles. The maximum atomic E-state index is 12.0. The van der Waals surface area contributed by atoms with E-state index in [2.05, 4.69) is 16.0 Å². The third-order valence-electron chi connectivity index (χ3n) is 3.59. The minimum Gasteiger partial charge on any atom is -0.296 e. The molecule has 0 fully saturated rings. The highest BCUT2D eigenvalue weighted by Crippen LogP contribution is 2.33. The second-order valence-corrected chi connectivity index (χ2v) is 6.44. The predicted octanol–water partition coefficient (Wildman–Crippen LogP) is 4.07. The summed E-state index contributed by atoms with van der Waals surface area (Å²) < 4.78 is 1.81. The van der Waals surface area contributed by atoms with Gasteiger partial charge in [0.2, 0.25) is 5.91 Å². The topological polar surface area (TPSA) is 59.0 Å². The summed E-state index contributed by atoms with van der Waals surface area (Å²) in [5.74, 6) is -0.172. The van der Waals surface area contributed by atoms with Gasteiger partial charge in [-0.15, -0.1) is 0 Å². The highest BCUT2D eigenvalue weighted by molar-refractivity contribution is 6.41. The monoisotopic (exact) mass is 374 g/mol. The molecule has 1 aromatic carbocycles. The van der Waals surface area contributed by atoms with Crippen molar-refractivity contribution in [3.63, 3.8) is 0 Å². The molecule has 0 spiro atoms. The first-order valence-electron chi connectivity index (χ1n) is 6.98. The first kappa shape index (κ1) is 17.9. The number of anilines is 1. The number of hydrogen-bond donors (Lipinski definition) is 2. The van der Waals surface area contributed by atoms with Crippen LogP contribution in [0.1, 0.15) is 23.4 Å². The average molecular weight is 376 g/mol. The van der Waals surface area contributed by atoms with Gasteiger partial charge in [0.15, 0.2) is 0 Å². The SMILES string of the molecule is Cc1nn(C)c(C)c1CCC(=O)NNc1c(Cl)cc(Cl)cc1Cl. The van der Waals surface area contributed by atoms with E-state index in [9.17, 15) is 4.79 Å². The summed E-state index contributed by atoms with van der Waals surface area (Å²) in [7, 11) is 1.89. The van der Waals surface area contributed by atoms with E-state index in [4.69, 9.17) is 34.8 Å². The van der Waals surface area contributed by atoms with Crippen LogP contribution >= 0.6 is 34.8 Å². The van der Waals surface area contributed by atoms with Crippen LogP contribution in [0.5, 0.6) is 0 Å². The lowest BCUT2D eigenvalue weighted by Gasteiger charge is -2.12. The van der Waals surface area contributed by atoms with Gasteiger partial charge in [0.25, 0.3) is 0 Å². The molecule has 2 rings (SSSR count). The maximum absolute atomic E-state index is 12.0. The van der Waals surface area contributed by atoms with Crippen molar-refractivity contribution >= 4 is 46.4 Å². The first-order chi connectivity index (χ1) is 10.8. The zero-order valence-corrected chi connectivity index (χ0v) is 15.3. The smallest absolute Gasteiger partial charge is 0.238 e. The molecular weight excluding hydrogens is 359 g/mol. The van der Waals surface area contributed by atoms with Gasteiger partial charge in [0, 0.05) is 24.2 Å². The van der Waals surface area contributed by atoms with E-state index in [0.717, 1.165) is 17.0 Å². The van der Waals surface area contributed by atoms with Crippen molar-refractivity contribution in [1.29, 1.82) is 0 Å². The van der Waals surface area contributed by atoms with Crippen LogP contribution in [-0.2, 0) is 18.3 Å². The average Bonchev–Trinajstić information content (AvgIpc) is 2.69. The van der Waals surface area contributed by atoms with E-state index in [-0.39, 0.29) is 5.91 Å². The minimum atomic E-state index is -0.172. The Morgan fingerprint density at radius 2 is 1.83 bits per heavy atom. The number of hydrazine groups is 1. The number of benzene rings is 1. The second-order valence-electron chi connectivity index (χ2n) is 5.19. The summed E-state index contributed by atoms with van der Waals surface area (Å²) in [6.07, 6.45) is 0.935. The van der Waals surface area contributed by atoms with Gasteiger partial charge in [-0.05, 0) is 38.0 Å². The van der Waals surface area contributed by atoms with Crippen LogP contribution in [0.2, 0.25) is 15.1 Å². The summed E-state index contributed by atoms with van der Waals surface area (Å²) in [6.45, 7) is 3.92. The number of rotatable bonds is 5. The predicted molar refractivity (Wildman–Crippen MR) is 94.2 cm³/mol. The number of amides is 1. The molecule has 0 aliphatic heterocycles. The van der Waals surface area contributed by atoms with Gasteiger partial charge >= 0.3 is 0 Å². The van der Waals surface area contributed by atoms with E-state index in [1.165, 1.54) is 0 Å². The van der Waals surface area contributed by atoms with E-state index < -0.39 is 0 Å². The lowest BCUT2D eigenvalue weighted by atomic mass is 10.1. The quantitative estimate of drug-likeness (QED) is 0.774. The lowest BCUT2D eigenvalue weighted by Crippen LogP contribution is -2.29. The molecule has 8 heteroatoms. The fourth-order valence-electron chi connectivity index (χ4n) is 2.27. The van der Waals surface area contributed by atoms with Crippen molar-refractivity contribution in [3.05, 3.63) is 44.2 Å². The minimum absolute atomic E-state index is 0.172. The summed E-state index contributed by atoms with van der Waals surface area (Å²) >= 11 is 17.9. The van der Waals surface area contributed by atoms with Gasteiger partial charge < -0.3 is 0 Å². The summed E-state index contributed by atoms with van der Waals surface area (Å²) in [5, 5.41) is 5.44. The summed E-state index contributed by atoms with van der Waals surface area (Å²) in [6, 6.07) is 3.09. The Kier molecular flexibility index (Phi) is 5.79. The van der Waals surface area contributed by atoms with Crippen molar-refractivity contribution < 1.29 is 4.79 Å². The van der Waals surface area contributed by atoms with Crippen LogP contribution in [0.15, 0.2) is 12.1 Å². The van der Waals surface area contributed by atoms with E-state index in [0.29, 0.717) is 33.6 Å². The zero-order chi connectivity index (χ0) is 17.1. The molecule has 5 nitrogen and oxygen atoms in total. The standard InChI is InChI=1S/C15H17Cl3N4O/c1-8-11(9(2)22(3)21-8)4-5-14(23)19-20-15-12(17)6-10(16)7-13(15)18/h6-7,20H,4-5H2,1-3H3,(H,19,23). The van der Waals surface area contributed by atoms with Gasteiger partial charge in [-0.2, -0.15) is 5.10 Å². The largest absolute Gasteiger partial charge is 0.296 e. The molecule has 1 heterocycles. The Morgan fingerprint density at radius 3 is 2.35 bits per heavy atom. The molecular formula is C15H17Cl3N4O.